The average Bonchev–Trinajstić information content (AvgIpc) is 2.67. The lowest BCUT2D eigenvalue weighted by atomic mass is 10.1. The summed E-state index contributed by atoms with van der Waals surface area (Å²) in [6, 6.07) is 15.3. The molecule has 0 aliphatic rings. The van der Waals surface area contributed by atoms with Gasteiger partial charge in [0.25, 0.3) is 11.6 Å². The minimum Gasteiger partial charge on any atom is -0.483 e. The van der Waals surface area contributed by atoms with Gasteiger partial charge < -0.3 is 10.1 Å². The molecule has 3 aromatic rings. The van der Waals surface area contributed by atoms with E-state index in [0.717, 1.165) is 19.7 Å². The third kappa shape index (κ3) is 5.49. The van der Waals surface area contributed by atoms with E-state index in [1.54, 1.807) is 12.1 Å². The van der Waals surface area contributed by atoms with E-state index in [9.17, 15) is 14.9 Å². The van der Waals surface area contributed by atoms with Crippen molar-refractivity contribution in [1.29, 1.82) is 0 Å². The number of hydrogen-bond acceptors (Lipinski definition) is 5. The number of ether oxygens (including phenoxy) is 1. The molecule has 1 amide bonds. The van der Waals surface area contributed by atoms with E-state index < -0.39 is 10.8 Å². The summed E-state index contributed by atoms with van der Waals surface area (Å²) in [7, 11) is 0. The number of hydrogen-bond donors (Lipinski definition) is 2. The first-order chi connectivity index (χ1) is 13.8. The van der Waals surface area contributed by atoms with Crippen molar-refractivity contribution in [2.45, 2.75) is 0 Å². The molecule has 0 aliphatic carbocycles. The summed E-state index contributed by atoms with van der Waals surface area (Å²) in [6.07, 6.45) is 0. The molecule has 0 aromatic heterocycles. The summed E-state index contributed by atoms with van der Waals surface area (Å²) < 4.78 is 7.30. The van der Waals surface area contributed by atoms with Gasteiger partial charge in [0.2, 0.25) is 0 Å². The number of anilines is 1. The number of non-ortho nitro benzene ring substituents is 1. The Kier molecular flexibility index (Phi) is 6.78. The van der Waals surface area contributed by atoms with Gasteiger partial charge in [-0.3, -0.25) is 20.2 Å². The minimum atomic E-state index is -0.513. The molecule has 2 N–H and O–H groups in total. The Hall–Kier alpha value is -2.56. The van der Waals surface area contributed by atoms with E-state index >= 15 is 0 Å². The number of nitrogens with zero attached hydrogens (tertiary/aromatic N) is 1. The molecule has 0 saturated heterocycles. The molecule has 0 heterocycles. The standard InChI is InChI=1S/C19H13Br2N3O4S/c20-12-5-6-15-11(8-12)4-7-16(18(15)21)28-10-17(25)23-19(29)22-13-2-1-3-14(9-13)24(26)27/h1-9H,10H2,(H2,22,23,25,29). The van der Waals surface area contributed by atoms with E-state index in [1.165, 1.54) is 18.2 Å². The zero-order chi connectivity index (χ0) is 21.0. The zero-order valence-electron chi connectivity index (χ0n) is 14.6. The predicted molar refractivity (Wildman–Crippen MR) is 122 cm³/mol. The molecule has 3 aromatic carbocycles. The molecule has 0 fully saturated rings. The molecule has 0 aliphatic heterocycles. The van der Waals surface area contributed by atoms with Gasteiger partial charge in [-0.25, -0.2) is 0 Å². The molecule has 0 unspecified atom stereocenters. The van der Waals surface area contributed by atoms with Crippen LogP contribution in [0.3, 0.4) is 0 Å². The molecule has 0 saturated carbocycles. The predicted octanol–water partition coefficient (Wildman–Crippen LogP) is 5.17. The van der Waals surface area contributed by atoms with Crippen molar-refractivity contribution >= 4 is 77.2 Å². The van der Waals surface area contributed by atoms with Crippen LogP contribution in [-0.2, 0) is 4.79 Å². The van der Waals surface area contributed by atoms with Crippen LogP contribution >= 0.6 is 44.1 Å². The lowest BCUT2D eigenvalue weighted by molar-refractivity contribution is -0.384. The first kappa shape index (κ1) is 21.2. The fourth-order valence-electron chi connectivity index (χ4n) is 2.52. The van der Waals surface area contributed by atoms with Crippen molar-refractivity contribution in [2.24, 2.45) is 0 Å². The monoisotopic (exact) mass is 537 g/mol. The number of halogens is 2. The lowest BCUT2D eigenvalue weighted by Crippen LogP contribution is -2.37. The highest BCUT2D eigenvalue weighted by Gasteiger charge is 2.11. The van der Waals surface area contributed by atoms with Crippen molar-refractivity contribution < 1.29 is 14.5 Å². The van der Waals surface area contributed by atoms with Crippen LogP contribution in [0.2, 0.25) is 0 Å². The Labute approximate surface area is 187 Å². The largest absolute Gasteiger partial charge is 0.483 e. The number of rotatable bonds is 5. The molecular weight excluding hydrogens is 526 g/mol. The number of nitro benzene ring substituents is 1. The SMILES string of the molecule is O=C(COc1ccc2cc(Br)ccc2c1Br)NC(=S)Nc1cccc([N+](=O)[O-])c1. The van der Waals surface area contributed by atoms with Crippen LogP contribution in [0.5, 0.6) is 5.75 Å². The topological polar surface area (TPSA) is 93.5 Å². The van der Waals surface area contributed by atoms with Crippen LogP contribution in [0.1, 0.15) is 0 Å². The average molecular weight is 539 g/mol. The van der Waals surface area contributed by atoms with Crippen molar-refractivity contribution in [3.05, 3.63) is 73.7 Å². The number of carbonyl (C=O) groups excluding carboxylic acids is 1. The lowest BCUT2D eigenvalue weighted by Gasteiger charge is -2.12. The van der Waals surface area contributed by atoms with Crippen LogP contribution in [0, 0.1) is 10.1 Å². The minimum absolute atomic E-state index is 0.0153. The Morgan fingerprint density at radius 1 is 1.14 bits per heavy atom. The van der Waals surface area contributed by atoms with Gasteiger partial charge in [0.1, 0.15) is 5.75 Å². The van der Waals surface area contributed by atoms with Crippen LogP contribution < -0.4 is 15.4 Å². The third-order valence-electron chi connectivity index (χ3n) is 3.81. The van der Waals surface area contributed by atoms with Crippen LogP contribution in [0.4, 0.5) is 11.4 Å². The second kappa shape index (κ2) is 9.29. The van der Waals surface area contributed by atoms with Crippen LogP contribution in [0.15, 0.2) is 63.5 Å². The highest BCUT2D eigenvalue weighted by atomic mass is 79.9. The molecule has 0 atom stereocenters. The van der Waals surface area contributed by atoms with Crippen molar-refractivity contribution in [1.82, 2.24) is 5.32 Å². The fraction of sp³-hybridized carbons (Fsp3) is 0.0526. The van der Waals surface area contributed by atoms with Gasteiger partial charge in [-0.15, -0.1) is 0 Å². The maximum Gasteiger partial charge on any atom is 0.271 e. The summed E-state index contributed by atoms with van der Waals surface area (Å²) in [6.45, 7) is -0.253. The van der Waals surface area contributed by atoms with E-state index in [2.05, 4.69) is 42.5 Å². The molecule has 7 nitrogen and oxygen atoms in total. The summed E-state index contributed by atoms with van der Waals surface area (Å²) in [4.78, 5) is 22.4. The molecular formula is C19H13Br2N3O4S. The number of fused-ring (bicyclic) bond motifs is 1. The highest BCUT2D eigenvalue weighted by molar-refractivity contribution is 9.11. The van der Waals surface area contributed by atoms with E-state index in [-0.39, 0.29) is 17.4 Å². The second-order valence-corrected chi connectivity index (χ2v) is 7.96. The Morgan fingerprint density at radius 3 is 2.69 bits per heavy atom. The first-order valence-electron chi connectivity index (χ1n) is 8.19. The van der Waals surface area contributed by atoms with Crippen molar-refractivity contribution in [3.63, 3.8) is 0 Å². The van der Waals surface area contributed by atoms with E-state index in [1.807, 2.05) is 24.3 Å². The number of amides is 1. The third-order valence-corrected chi connectivity index (χ3v) is 5.32. The van der Waals surface area contributed by atoms with E-state index in [0.29, 0.717) is 11.4 Å². The smallest absolute Gasteiger partial charge is 0.271 e. The van der Waals surface area contributed by atoms with E-state index in [4.69, 9.17) is 17.0 Å². The molecule has 148 valence electrons. The summed E-state index contributed by atoms with van der Waals surface area (Å²) in [5.74, 6) is 0.0586. The van der Waals surface area contributed by atoms with Crippen molar-refractivity contribution in [3.8, 4) is 5.75 Å². The summed E-state index contributed by atoms with van der Waals surface area (Å²) >= 11 is 12.0. The van der Waals surface area contributed by atoms with Crippen molar-refractivity contribution in [2.75, 3.05) is 11.9 Å². The van der Waals surface area contributed by atoms with Gasteiger partial charge in [-0.1, -0.05) is 34.1 Å². The molecule has 0 spiro atoms. The Bertz CT molecular complexity index is 1120. The number of nitro groups is 1. The van der Waals surface area contributed by atoms with Gasteiger partial charge >= 0.3 is 0 Å². The summed E-state index contributed by atoms with van der Waals surface area (Å²) in [5, 5.41) is 18.0. The van der Waals surface area contributed by atoms with Gasteiger partial charge in [0.15, 0.2) is 11.7 Å². The van der Waals surface area contributed by atoms with Gasteiger partial charge in [-0.05, 0) is 63.2 Å². The number of thiocarbonyl (C=S) groups is 1. The van der Waals surface area contributed by atoms with Gasteiger partial charge in [0, 0.05) is 22.3 Å². The van der Waals surface area contributed by atoms with Gasteiger partial charge in [-0.2, -0.15) is 0 Å². The fourth-order valence-corrected chi connectivity index (χ4v) is 3.74. The van der Waals surface area contributed by atoms with Gasteiger partial charge in [0.05, 0.1) is 9.40 Å². The van der Waals surface area contributed by atoms with Crippen LogP contribution in [0.25, 0.3) is 10.8 Å². The Morgan fingerprint density at radius 2 is 1.93 bits per heavy atom. The molecule has 0 bridgehead atoms. The maximum atomic E-state index is 12.1. The molecule has 0 radical (unpaired) electrons. The molecule has 3 rings (SSSR count). The highest BCUT2D eigenvalue weighted by Crippen LogP contribution is 2.34. The molecule has 29 heavy (non-hydrogen) atoms. The normalized spacial score (nSPS) is 10.4. The van der Waals surface area contributed by atoms with Crippen LogP contribution in [-0.4, -0.2) is 22.5 Å². The Balaban J connectivity index is 1.58. The maximum absolute atomic E-state index is 12.1. The number of nitrogens with one attached hydrogen (secondary N) is 2. The number of benzene rings is 3. The second-order valence-electron chi connectivity index (χ2n) is 5.84. The molecule has 10 heteroatoms. The number of carbonyl (C=O) groups is 1. The first-order valence-corrected chi connectivity index (χ1v) is 10.2. The quantitative estimate of drug-likeness (QED) is 0.264. The zero-order valence-corrected chi connectivity index (χ0v) is 18.6. The summed E-state index contributed by atoms with van der Waals surface area (Å²) in [5.41, 5.74) is 0.314.